The fourth-order valence-electron chi connectivity index (χ4n) is 2.29. The van der Waals surface area contributed by atoms with Gasteiger partial charge < -0.3 is 10.1 Å². The highest BCUT2D eigenvalue weighted by molar-refractivity contribution is 5.78. The molecule has 0 aromatic heterocycles. The summed E-state index contributed by atoms with van der Waals surface area (Å²) in [5.74, 6) is -0.674. The van der Waals surface area contributed by atoms with Crippen LogP contribution in [-0.2, 0) is 4.79 Å². The molecule has 22 heavy (non-hydrogen) atoms. The molecule has 2 rings (SSSR count). The van der Waals surface area contributed by atoms with E-state index in [1.54, 1.807) is 12.1 Å². The highest BCUT2D eigenvalue weighted by atomic mass is 19.1. The zero-order valence-electron chi connectivity index (χ0n) is 13.0. The van der Waals surface area contributed by atoms with Crippen LogP contribution in [0.4, 0.5) is 4.39 Å². The Kier molecular flexibility index (Phi) is 5.15. The van der Waals surface area contributed by atoms with Crippen molar-refractivity contribution in [3.05, 3.63) is 65.0 Å². The number of carbonyl (C=O) groups is 1. The first-order chi connectivity index (χ1) is 10.5. The minimum atomic E-state index is -0.474. The molecule has 0 bridgehead atoms. The van der Waals surface area contributed by atoms with Crippen LogP contribution in [0.25, 0.3) is 0 Å². The van der Waals surface area contributed by atoms with Crippen LogP contribution in [0, 0.1) is 19.7 Å². The molecular weight excluding hydrogens is 281 g/mol. The lowest BCUT2D eigenvalue weighted by atomic mass is 10.00. The SMILES string of the molecule is Cc1ccc(C)c([C@H](C)NC(=O)COc2ccccc2F)c1. The van der Waals surface area contributed by atoms with E-state index >= 15 is 0 Å². The summed E-state index contributed by atoms with van der Waals surface area (Å²) in [6.45, 7) is 5.73. The average Bonchev–Trinajstić information content (AvgIpc) is 2.48. The Labute approximate surface area is 130 Å². The third-order valence-electron chi connectivity index (χ3n) is 3.47. The highest BCUT2D eigenvalue weighted by Crippen LogP contribution is 2.19. The van der Waals surface area contributed by atoms with Gasteiger partial charge in [-0.25, -0.2) is 4.39 Å². The number of ether oxygens (including phenoxy) is 1. The van der Waals surface area contributed by atoms with Crippen LogP contribution < -0.4 is 10.1 Å². The Morgan fingerprint density at radius 1 is 1.23 bits per heavy atom. The van der Waals surface area contributed by atoms with Crippen molar-refractivity contribution in [1.29, 1.82) is 0 Å². The fraction of sp³-hybridized carbons (Fsp3) is 0.278. The van der Waals surface area contributed by atoms with E-state index in [9.17, 15) is 9.18 Å². The summed E-state index contributed by atoms with van der Waals surface area (Å²) in [6.07, 6.45) is 0. The molecule has 0 saturated carbocycles. The van der Waals surface area contributed by atoms with Gasteiger partial charge in [0.05, 0.1) is 6.04 Å². The molecule has 0 unspecified atom stereocenters. The van der Waals surface area contributed by atoms with E-state index in [4.69, 9.17) is 4.74 Å². The van der Waals surface area contributed by atoms with E-state index in [0.717, 1.165) is 16.7 Å². The topological polar surface area (TPSA) is 38.3 Å². The van der Waals surface area contributed by atoms with Gasteiger partial charge in [0.2, 0.25) is 0 Å². The van der Waals surface area contributed by atoms with Crippen LogP contribution >= 0.6 is 0 Å². The Bertz CT molecular complexity index is 670. The quantitative estimate of drug-likeness (QED) is 0.914. The molecule has 0 spiro atoms. The molecule has 0 aliphatic carbocycles. The third kappa shape index (κ3) is 4.07. The number of para-hydroxylation sites is 1. The molecule has 1 atom stereocenters. The van der Waals surface area contributed by atoms with Crippen LogP contribution in [0.15, 0.2) is 42.5 Å². The largest absolute Gasteiger partial charge is 0.481 e. The molecular formula is C18H20FNO2. The Morgan fingerprint density at radius 2 is 1.95 bits per heavy atom. The zero-order chi connectivity index (χ0) is 16.1. The summed E-state index contributed by atoms with van der Waals surface area (Å²) in [7, 11) is 0. The number of carbonyl (C=O) groups excluding carboxylic acids is 1. The van der Waals surface area contributed by atoms with Gasteiger partial charge in [-0.3, -0.25) is 4.79 Å². The molecule has 0 heterocycles. The lowest BCUT2D eigenvalue weighted by Gasteiger charge is -2.17. The molecule has 116 valence electrons. The highest BCUT2D eigenvalue weighted by Gasteiger charge is 2.13. The molecule has 0 fully saturated rings. The van der Waals surface area contributed by atoms with Gasteiger partial charge in [0.15, 0.2) is 18.2 Å². The second kappa shape index (κ2) is 7.07. The summed E-state index contributed by atoms with van der Waals surface area (Å²) >= 11 is 0. The monoisotopic (exact) mass is 301 g/mol. The second-order valence-corrected chi connectivity index (χ2v) is 5.37. The minimum Gasteiger partial charge on any atom is -0.481 e. The van der Waals surface area contributed by atoms with Crippen molar-refractivity contribution < 1.29 is 13.9 Å². The fourth-order valence-corrected chi connectivity index (χ4v) is 2.29. The van der Waals surface area contributed by atoms with Crippen LogP contribution in [0.5, 0.6) is 5.75 Å². The van der Waals surface area contributed by atoms with Gasteiger partial charge in [0.25, 0.3) is 5.91 Å². The van der Waals surface area contributed by atoms with E-state index < -0.39 is 5.82 Å². The summed E-state index contributed by atoms with van der Waals surface area (Å²) < 4.78 is 18.6. The molecule has 1 N–H and O–H groups in total. The number of halogens is 1. The number of hydrogen-bond donors (Lipinski definition) is 1. The summed E-state index contributed by atoms with van der Waals surface area (Å²) in [5.41, 5.74) is 3.33. The van der Waals surface area contributed by atoms with E-state index in [0.29, 0.717) is 0 Å². The number of amides is 1. The van der Waals surface area contributed by atoms with Crippen LogP contribution in [-0.4, -0.2) is 12.5 Å². The maximum Gasteiger partial charge on any atom is 0.258 e. The summed E-state index contributed by atoms with van der Waals surface area (Å²) in [6, 6.07) is 12.0. The number of aryl methyl sites for hydroxylation is 2. The molecule has 0 aliphatic rings. The molecule has 0 radical (unpaired) electrons. The maximum absolute atomic E-state index is 13.4. The first-order valence-electron chi connectivity index (χ1n) is 7.21. The third-order valence-corrected chi connectivity index (χ3v) is 3.47. The van der Waals surface area contributed by atoms with E-state index in [1.165, 1.54) is 12.1 Å². The predicted octanol–water partition coefficient (Wildman–Crippen LogP) is 3.70. The number of rotatable bonds is 5. The molecule has 3 nitrogen and oxygen atoms in total. The first-order valence-corrected chi connectivity index (χ1v) is 7.21. The van der Waals surface area contributed by atoms with E-state index in [2.05, 4.69) is 11.4 Å². The van der Waals surface area contributed by atoms with Crippen molar-refractivity contribution in [1.82, 2.24) is 5.32 Å². The van der Waals surface area contributed by atoms with Crippen molar-refractivity contribution in [2.45, 2.75) is 26.8 Å². The van der Waals surface area contributed by atoms with Gasteiger partial charge in [-0.2, -0.15) is 0 Å². The van der Waals surface area contributed by atoms with Crippen molar-refractivity contribution in [2.75, 3.05) is 6.61 Å². The van der Waals surface area contributed by atoms with Gasteiger partial charge >= 0.3 is 0 Å². The van der Waals surface area contributed by atoms with Crippen molar-refractivity contribution in [3.8, 4) is 5.75 Å². The molecule has 2 aromatic carbocycles. The van der Waals surface area contributed by atoms with E-state index in [1.807, 2.05) is 32.9 Å². The van der Waals surface area contributed by atoms with Gasteiger partial charge in [0.1, 0.15) is 0 Å². The Balaban J connectivity index is 1.94. The smallest absolute Gasteiger partial charge is 0.258 e. The van der Waals surface area contributed by atoms with Crippen LogP contribution in [0.3, 0.4) is 0 Å². The molecule has 1 amide bonds. The van der Waals surface area contributed by atoms with Crippen molar-refractivity contribution in [2.24, 2.45) is 0 Å². The average molecular weight is 301 g/mol. The van der Waals surface area contributed by atoms with Crippen LogP contribution in [0.2, 0.25) is 0 Å². The van der Waals surface area contributed by atoms with Gasteiger partial charge in [0, 0.05) is 0 Å². The van der Waals surface area contributed by atoms with E-state index in [-0.39, 0.29) is 24.3 Å². The van der Waals surface area contributed by atoms with Crippen LogP contribution in [0.1, 0.15) is 29.7 Å². The van der Waals surface area contributed by atoms with Gasteiger partial charge in [-0.05, 0) is 44.0 Å². The summed E-state index contributed by atoms with van der Waals surface area (Å²) in [4.78, 5) is 11.9. The lowest BCUT2D eigenvalue weighted by Crippen LogP contribution is -2.31. The Hall–Kier alpha value is -2.36. The normalized spacial score (nSPS) is 11.8. The molecule has 4 heteroatoms. The Morgan fingerprint density at radius 3 is 2.68 bits per heavy atom. The standard InChI is InChI=1S/C18H20FNO2/c1-12-8-9-13(2)15(10-12)14(3)20-18(21)11-22-17-7-5-4-6-16(17)19/h4-10,14H,11H2,1-3H3,(H,20,21)/t14-/m0/s1. The second-order valence-electron chi connectivity index (χ2n) is 5.37. The van der Waals surface area contributed by atoms with Gasteiger partial charge in [-0.15, -0.1) is 0 Å². The first kappa shape index (κ1) is 16.0. The maximum atomic E-state index is 13.4. The number of benzene rings is 2. The minimum absolute atomic E-state index is 0.0806. The predicted molar refractivity (Wildman–Crippen MR) is 84.4 cm³/mol. The molecule has 0 aliphatic heterocycles. The number of nitrogens with one attached hydrogen (secondary N) is 1. The zero-order valence-corrected chi connectivity index (χ0v) is 13.0. The molecule has 0 saturated heterocycles. The van der Waals surface area contributed by atoms with Crippen molar-refractivity contribution in [3.63, 3.8) is 0 Å². The van der Waals surface area contributed by atoms with Crippen molar-refractivity contribution >= 4 is 5.91 Å². The molecule has 2 aromatic rings. The number of hydrogen-bond acceptors (Lipinski definition) is 2. The van der Waals surface area contributed by atoms with Gasteiger partial charge in [-0.1, -0.05) is 35.9 Å². The summed E-state index contributed by atoms with van der Waals surface area (Å²) in [5, 5.41) is 2.87. The lowest BCUT2D eigenvalue weighted by molar-refractivity contribution is -0.123.